The molecule has 1 heterocycles. The number of allylic oxidation sites excluding steroid dienone is 1. The zero-order valence-corrected chi connectivity index (χ0v) is 21.0. The summed E-state index contributed by atoms with van der Waals surface area (Å²) in [5.74, 6) is 2.33. The molecule has 7 heteroatoms. The van der Waals surface area contributed by atoms with Crippen LogP contribution in [0.15, 0.2) is 71.4 Å². The summed E-state index contributed by atoms with van der Waals surface area (Å²) in [6.07, 6.45) is 3.22. The molecule has 0 radical (unpaired) electrons. The molecule has 1 aromatic heterocycles. The zero-order chi connectivity index (χ0) is 25.7. The number of anilines is 1. The Hall–Kier alpha value is -4.39. The van der Waals surface area contributed by atoms with E-state index in [4.69, 9.17) is 23.4 Å². The van der Waals surface area contributed by atoms with Gasteiger partial charge in [0.2, 0.25) is 5.91 Å². The number of furan rings is 1. The predicted molar refractivity (Wildman–Crippen MR) is 141 cm³/mol. The first-order valence-corrected chi connectivity index (χ1v) is 11.5. The molecule has 4 rings (SSSR count). The summed E-state index contributed by atoms with van der Waals surface area (Å²) >= 11 is 0. The number of para-hydroxylation sites is 2. The monoisotopic (exact) mass is 487 g/mol. The summed E-state index contributed by atoms with van der Waals surface area (Å²) in [6, 6.07) is 16.7. The number of amides is 1. The van der Waals surface area contributed by atoms with Gasteiger partial charge in [0.15, 0.2) is 0 Å². The number of hydrogen-bond acceptors (Lipinski definition) is 6. The van der Waals surface area contributed by atoms with Crippen LogP contribution in [0.25, 0.3) is 27.7 Å². The number of benzene rings is 3. The summed E-state index contributed by atoms with van der Waals surface area (Å²) in [5.41, 5.74) is 4.43. The van der Waals surface area contributed by atoms with Gasteiger partial charge >= 0.3 is 0 Å². The van der Waals surface area contributed by atoms with Crippen LogP contribution in [0, 0.1) is 0 Å². The molecule has 0 bridgehead atoms. The standard InChI is InChI=1S/C29H29NO6/c1-6-35-26-10-8-7-9-24(26)30-29(31)13-18(2)20-15-22-23(17-36-28(22)16-27(20)34-5)21-14-19(32-3)11-12-25(21)33-4/h7-17H,6H2,1-5H3,(H,30,31)/b18-13+. The van der Waals surface area contributed by atoms with Crippen molar-refractivity contribution in [2.75, 3.05) is 33.3 Å². The highest BCUT2D eigenvalue weighted by atomic mass is 16.5. The number of nitrogens with one attached hydrogen (secondary N) is 1. The van der Waals surface area contributed by atoms with Crippen LogP contribution in [0.2, 0.25) is 0 Å². The number of carbonyl (C=O) groups is 1. The van der Waals surface area contributed by atoms with Gasteiger partial charge in [0.05, 0.1) is 39.9 Å². The Balaban J connectivity index is 1.74. The molecule has 36 heavy (non-hydrogen) atoms. The molecule has 1 N–H and O–H groups in total. The molecule has 4 aromatic rings. The average molecular weight is 488 g/mol. The van der Waals surface area contributed by atoms with Crippen molar-refractivity contribution in [1.29, 1.82) is 0 Å². The fraction of sp³-hybridized carbons (Fsp3) is 0.207. The van der Waals surface area contributed by atoms with Crippen LogP contribution in [0.5, 0.6) is 23.0 Å². The van der Waals surface area contributed by atoms with Crippen LogP contribution >= 0.6 is 0 Å². The molecule has 0 aliphatic heterocycles. The summed E-state index contributed by atoms with van der Waals surface area (Å²) < 4.78 is 28.1. The van der Waals surface area contributed by atoms with E-state index in [1.807, 2.05) is 62.4 Å². The van der Waals surface area contributed by atoms with Gasteiger partial charge in [0.1, 0.15) is 28.6 Å². The van der Waals surface area contributed by atoms with E-state index in [9.17, 15) is 4.79 Å². The fourth-order valence-electron chi connectivity index (χ4n) is 4.06. The van der Waals surface area contributed by atoms with E-state index in [0.29, 0.717) is 40.9 Å². The Kier molecular flexibility index (Phi) is 7.49. The molecule has 0 aliphatic rings. The third-order valence-corrected chi connectivity index (χ3v) is 5.81. The highest BCUT2D eigenvalue weighted by Crippen LogP contribution is 2.41. The molecule has 0 saturated heterocycles. The quantitative estimate of drug-likeness (QED) is 0.269. The molecule has 0 atom stereocenters. The van der Waals surface area contributed by atoms with Crippen LogP contribution < -0.4 is 24.3 Å². The molecule has 0 fully saturated rings. The second-order valence-corrected chi connectivity index (χ2v) is 8.01. The maximum atomic E-state index is 12.9. The van der Waals surface area contributed by atoms with E-state index in [1.54, 1.807) is 33.7 Å². The van der Waals surface area contributed by atoms with Crippen molar-refractivity contribution < 1.29 is 28.2 Å². The van der Waals surface area contributed by atoms with Crippen LogP contribution in [0.1, 0.15) is 19.4 Å². The van der Waals surface area contributed by atoms with Crippen molar-refractivity contribution in [3.63, 3.8) is 0 Å². The highest BCUT2D eigenvalue weighted by Gasteiger charge is 2.18. The molecule has 0 spiro atoms. The Morgan fingerprint density at radius 1 is 0.917 bits per heavy atom. The first kappa shape index (κ1) is 24.7. The summed E-state index contributed by atoms with van der Waals surface area (Å²) in [7, 11) is 4.83. The first-order valence-electron chi connectivity index (χ1n) is 11.5. The minimum absolute atomic E-state index is 0.274. The van der Waals surface area contributed by atoms with Gasteiger partial charge in [-0.3, -0.25) is 4.79 Å². The highest BCUT2D eigenvalue weighted by molar-refractivity contribution is 6.06. The van der Waals surface area contributed by atoms with Crippen LogP contribution in [0.4, 0.5) is 5.69 Å². The smallest absolute Gasteiger partial charge is 0.248 e. The SMILES string of the molecule is CCOc1ccccc1NC(=O)/C=C(\C)c1cc2c(-c3cc(OC)ccc3OC)coc2cc1OC. The Bertz CT molecular complexity index is 1420. The van der Waals surface area contributed by atoms with Gasteiger partial charge < -0.3 is 28.7 Å². The number of rotatable bonds is 9. The largest absolute Gasteiger partial charge is 0.497 e. The normalized spacial score (nSPS) is 11.3. The van der Waals surface area contributed by atoms with Gasteiger partial charge in [-0.25, -0.2) is 0 Å². The van der Waals surface area contributed by atoms with Crippen molar-refractivity contribution in [2.45, 2.75) is 13.8 Å². The molecule has 7 nitrogen and oxygen atoms in total. The van der Waals surface area contributed by atoms with E-state index in [2.05, 4.69) is 5.32 Å². The summed E-state index contributed by atoms with van der Waals surface area (Å²) in [6.45, 7) is 4.27. The summed E-state index contributed by atoms with van der Waals surface area (Å²) in [4.78, 5) is 12.9. The van der Waals surface area contributed by atoms with Crippen molar-refractivity contribution in [2.24, 2.45) is 0 Å². The average Bonchev–Trinajstić information content (AvgIpc) is 3.31. The van der Waals surface area contributed by atoms with E-state index in [-0.39, 0.29) is 5.91 Å². The zero-order valence-electron chi connectivity index (χ0n) is 21.0. The molecule has 1 amide bonds. The number of hydrogen-bond donors (Lipinski definition) is 1. The van der Waals surface area contributed by atoms with Gasteiger partial charge in [0.25, 0.3) is 0 Å². The molecular weight excluding hydrogens is 458 g/mol. The van der Waals surface area contributed by atoms with Crippen LogP contribution in [0.3, 0.4) is 0 Å². The van der Waals surface area contributed by atoms with Crippen LogP contribution in [-0.4, -0.2) is 33.8 Å². The summed E-state index contributed by atoms with van der Waals surface area (Å²) in [5, 5.41) is 3.75. The number of carbonyl (C=O) groups excluding carboxylic acids is 1. The van der Waals surface area contributed by atoms with Crippen molar-refractivity contribution >= 4 is 28.1 Å². The molecular formula is C29H29NO6. The minimum Gasteiger partial charge on any atom is -0.497 e. The molecule has 0 unspecified atom stereocenters. The second kappa shape index (κ2) is 10.9. The molecule has 3 aromatic carbocycles. The number of fused-ring (bicyclic) bond motifs is 1. The first-order chi connectivity index (χ1) is 17.5. The lowest BCUT2D eigenvalue weighted by molar-refractivity contribution is -0.111. The lowest BCUT2D eigenvalue weighted by Gasteiger charge is -2.12. The lowest BCUT2D eigenvalue weighted by Crippen LogP contribution is -2.10. The fourth-order valence-corrected chi connectivity index (χ4v) is 4.06. The van der Waals surface area contributed by atoms with Gasteiger partial charge in [-0.2, -0.15) is 0 Å². The van der Waals surface area contributed by atoms with Crippen molar-refractivity contribution in [3.05, 3.63) is 72.5 Å². The Morgan fingerprint density at radius 3 is 2.42 bits per heavy atom. The van der Waals surface area contributed by atoms with E-state index >= 15 is 0 Å². The second-order valence-electron chi connectivity index (χ2n) is 8.01. The Labute approximate surface area is 210 Å². The number of ether oxygens (including phenoxy) is 4. The predicted octanol–water partition coefficient (Wildman–Crippen LogP) is 6.57. The molecule has 0 aliphatic carbocycles. The third kappa shape index (κ3) is 5.00. The molecule has 186 valence electrons. The minimum atomic E-state index is -0.274. The van der Waals surface area contributed by atoms with Crippen molar-refractivity contribution in [3.8, 4) is 34.1 Å². The Morgan fingerprint density at radius 2 is 1.69 bits per heavy atom. The van der Waals surface area contributed by atoms with E-state index in [0.717, 1.165) is 27.6 Å². The topological polar surface area (TPSA) is 79.2 Å². The maximum Gasteiger partial charge on any atom is 0.248 e. The van der Waals surface area contributed by atoms with Crippen LogP contribution in [-0.2, 0) is 4.79 Å². The molecule has 0 saturated carbocycles. The van der Waals surface area contributed by atoms with E-state index in [1.165, 1.54) is 6.08 Å². The third-order valence-electron chi connectivity index (χ3n) is 5.81. The van der Waals surface area contributed by atoms with Crippen molar-refractivity contribution in [1.82, 2.24) is 0 Å². The van der Waals surface area contributed by atoms with E-state index < -0.39 is 0 Å². The van der Waals surface area contributed by atoms with Gasteiger partial charge in [-0.15, -0.1) is 0 Å². The van der Waals surface area contributed by atoms with Gasteiger partial charge in [-0.05, 0) is 55.8 Å². The van der Waals surface area contributed by atoms with Gasteiger partial charge in [0, 0.05) is 34.2 Å². The number of methoxy groups -OCH3 is 3. The lowest BCUT2D eigenvalue weighted by atomic mass is 9.98. The maximum absolute atomic E-state index is 12.9. The van der Waals surface area contributed by atoms with Gasteiger partial charge in [-0.1, -0.05) is 12.1 Å².